The third-order valence-electron chi connectivity index (χ3n) is 5.59. The quantitative estimate of drug-likeness (QED) is 0.649. The van der Waals surface area contributed by atoms with Crippen molar-refractivity contribution in [2.75, 3.05) is 45.9 Å². The highest BCUT2D eigenvalue weighted by Crippen LogP contribution is 2.25. The average Bonchev–Trinajstić information content (AvgIpc) is 3.13. The van der Waals surface area contributed by atoms with Gasteiger partial charge in [-0.2, -0.15) is 0 Å². The van der Waals surface area contributed by atoms with E-state index in [-0.39, 0.29) is 6.10 Å². The molecular formula is C21H34N4O. The van der Waals surface area contributed by atoms with Gasteiger partial charge in [0, 0.05) is 19.1 Å². The van der Waals surface area contributed by atoms with Crippen molar-refractivity contribution < 1.29 is 4.74 Å². The van der Waals surface area contributed by atoms with Gasteiger partial charge < -0.3 is 15.0 Å². The molecule has 0 spiro atoms. The zero-order valence-corrected chi connectivity index (χ0v) is 16.6. The number of nitrogens with one attached hydrogen (secondary N) is 1. The van der Waals surface area contributed by atoms with Crippen LogP contribution in [-0.2, 0) is 4.74 Å². The van der Waals surface area contributed by atoms with E-state index in [4.69, 9.17) is 9.73 Å². The molecule has 2 aliphatic heterocycles. The summed E-state index contributed by atoms with van der Waals surface area (Å²) in [7, 11) is 0. The Bertz CT molecular complexity index is 603. The molecule has 2 aliphatic rings. The molecule has 0 saturated carbocycles. The van der Waals surface area contributed by atoms with Gasteiger partial charge in [-0.25, -0.2) is 0 Å². The number of likely N-dealkylation sites (N-methyl/N-ethyl adjacent to an activating group) is 1. The van der Waals surface area contributed by atoms with Gasteiger partial charge in [0.1, 0.15) is 6.10 Å². The van der Waals surface area contributed by atoms with E-state index >= 15 is 0 Å². The van der Waals surface area contributed by atoms with E-state index in [1.165, 1.54) is 30.5 Å². The monoisotopic (exact) mass is 358 g/mol. The minimum Gasteiger partial charge on any atom is -0.370 e. The minimum atomic E-state index is 0.118. The Morgan fingerprint density at radius 2 is 2.12 bits per heavy atom. The van der Waals surface area contributed by atoms with Gasteiger partial charge in [0.2, 0.25) is 0 Å². The van der Waals surface area contributed by atoms with Crippen LogP contribution in [0.15, 0.2) is 29.3 Å². The molecular weight excluding hydrogens is 324 g/mol. The van der Waals surface area contributed by atoms with Crippen LogP contribution in [0.2, 0.25) is 0 Å². The molecule has 3 rings (SSSR count). The Morgan fingerprint density at radius 3 is 2.88 bits per heavy atom. The molecule has 2 fully saturated rings. The van der Waals surface area contributed by atoms with Crippen molar-refractivity contribution >= 4 is 5.96 Å². The van der Waals surface area contributed by atoms with E-state index in [1.807, 2.05) is 0 Å². The third kappa shape index (κ3) is 4.57. The highest BCUT2D eigenvalue weighted by molar-refractivity contribution is 5.80. The second-order valence-corrected chi connectivity index (χ2v) is 7.28. The first kappa shape index (κ1) is 19.2. The van der Waals surface area contributed by atoms with Gasteiger partial charge in [-0.1, -0.05) is 31.2 Å². The molecule has 0 aromatic heterocycles. The second-order valence-electron chi connectivity index (χ2n) is 7.28. The van der Waals surface area contributed by atoms with Crippen molar-refractivity contribution in [3.8, 4) is 0 Å². The van der Waals surface area contributed by atoms with Crippen molar-refractivity contribution in [3.63, 3.8) is 0 Å². The molecule has 1 aromatic carbocycles. The Morgan fingerprint density at radius 1 is 1.27 bits per heavy atom. The molecule has 26 heavy (non-hydrogen) atoms. The number of benzene rings is 1. The number of nitrogens with zero attached hydrogens (tertiary/aromatic N) is 3. The first-order chi connectivity index (χ1) is 12.7. The number of aliphatic imine (C=N–C) groups is 1. The number of aryl methyl sites for hydroxylation is 1. The number of rotatable bonds is 5. The summed E-state index contributed by atoms with van der Waals surface area (Å²) in [4.78, 5) is 9.93. The molecule has 0 bridgehead atoms. The van der Waals surface area contributed by atoms with Gasteiger partial charge in [0.15, 0.2) is 5.96 Å². The molecule has 1 aromatic rings. The lowest BCUT2D eigenvalue weighted by molar-refractivity contribution is -0.00835. The molecule has 2 saturated heterocycles. The van der Waals surface area contributed by atoms with E-state index < -0.39 is 0 Å². The normalized spacial score (nSPS) is 24.9. The highest BCUT2D eigenvalue weighted by Gasteiger charge is 2.26. The highest BCUT2D eigenvalue weighted by atomic mass is 16.5. The molecule has 5 nitrogen and oxygen atoms in total. The maximum Gasteiger partial charge on any atom is 0.194 e. The summed E-state index contributed by atoms with van der Waals surface area (Å²) in [5.41, 5.74) is 2.59. The molecule has 0 aliphatic carbocycles. The Balaban J connectivity index is 1.68. The molecule has 1 N–H and O–H groups in total. The van der Waals surface area contributed by atoms with Gasteiger partial charge in [0.05, 0.1) is 19.7 Å². The number of hydrogen-bond acceptors (Lipinski definition) is 3. The first-order valence-corrected chi connectivity index (χ1v) is 10.2. The number of hydrogen-bond donors (Lipinski definition) is 1. The van der Waals surface area contributed by atoms with Crippen LogP contribution in [-0.4, -0.2) is 67.7 Å². The van der Waals surface area contributed by atoms with Crippen LogP contribution in [0.5, 0.6) is 0 Å². The zero-order chi connectivity index (χ0) is 18.4. The van der Waals surface area contributed by atoms with E-state index in [0.717, 1.165) is 45.3 Å². The van der Waals surface area contributed by atoms with Gasteiger partial charge >= 0.3 is 0 Å². The Labute approximate surface area is 158 Å². The van der Waals surface area contributed by atoms with Crippen molar-refractivity contribution in [3.05, 3.63) is 35.4 Å². The molecule has 2 unspecified atom stereocenters. The van der Waals surface area contributed by atoms with Gasteiger partial charge in [-0.05, 0) is 50.9 Å². The van der Waals surface area contributed by atoms with Crippen LogP contribution in [0.1, 0.15) is 43.9 Å². The summed E-state index contributed by atoms with van der Waals surface area (Å²) in [6.07, 6.45) is 2.69. The lowest BCUT2D eigenvalue weighted by Crippen LogP contribution is -2.48. The van der Waals surface area contributed by atoms with E-state index in [1.54, 1.807) is 0 Å². The summed E-state index contributed by atoms with van der Waals surface area (Å²) in [6, 6.07) is 9.14. The fraction of sp³-hybridized carbons (Fsp3) is 0.667. The van der Waals surface area contributed by atoms with E-state index in [2.05, 4.69) is 60.2 Å². The molecule has 144 valence electrons. The smallest absolute Gasteiger partial charge is 0.194 e. The predicted octanol–water partition coefficient (Wildman–Crippen LogP) is 2.82. The summed E-state index contributed by atoms with van der Waals surface area (Å²) in [5, 5.41) is 3.50. The van der Waals surface area contributed by atoms with Gasteiger partial charge in [0.25, 0.3) is 0 Å². The molecule has 2 heterocycles. The number of guanidine groups is 1. The van der Waals surface area contributed by atoms with Crippen LogP contribution < -0.4 is 5.32 Å². The summed E-state index contributed by atoms with van der Waals surface area (Å²) >= 11 is 0. The maximum atomic E-state index is 6.08. The summed E-state index contributed by atoms with van der Waals surface area (Å²) in [6.45, 7) is 13.2. The SMILES string of the molecule is CCNC(=NCC1CCCN1CC)N1CCOC(c2ccccc2C)C1. The largest absolute Gasteiger partial charge is 0.370 e. The maximum absolute atomic E-state index is 6.08. The molecule has 5 heteroatoms. The van der Waals surface area contributed by atoms with E-state index in [0.29, 0.717) is 6.04 Å². The van der Waals surface area contributed by atoms with Crippen LogP contribution in [0, 0.1) is 6.92 Å². The predicted molar refractivity (Wildman–Crippen MR) is 108 cm³/mol. The fourth-order valence-corrected chi connectivity index (χ4v) is 4.11. The topological polar surface area (TPSA) is 40.1 Å². The molecule has 2 atom stereocenters. The minimum absolute atomic E-state index is 0.118. The molecule has 0 radical (unpaired) electrons. The first-order valence-electron chi connectivity index (χ1n) is 10.2. The van der Waals surface area contributed by atoms with Gasteiger partial charge in [-0.3, -0.25) is 9.89 Å². The van der Waals surface area contributed by atoms with Crippen LogP contribution in [0.3, 0.4) is 0 Å². The number of ether oxygens (including phenoxy) is 1. The number of likely N-dealkylation sites (tertiary alicyclic amines) is 1. The van der Waals surface area contributed by atoms with Crippen molar-refractivity contribution in [1.29, 1.82) is 0 Å². The lowest BCUT2D eigenvalue weighted by atomic mass is 10.0. The lowest BCUT2D eigenvalue weighted by Gasteiger charge is -2.36. The van der Waals surface area contributed by atoms with Crippen molar-refractivity contribution in [1.82, 2.24) is 15.1 Å². The fourth-order valence-electron chi connectivity index (χ4n) is 4.11. The standard InChI is InChI=1S/C21H34N4O/c1-4-22-21(23-15-18-10-8-12-24(18)5-2)25-13-14-26-20(16-25)19-11-7-6-9-17(19)3/h6-7,9,11,18,20H,4-5,8,10,12-16H2,1-3H3,(H,22,23). The Kier molecular flexibility index (Phi) is 6.92. The third-order valence-corrected chi connectivity index (χ3v) is 5.59. The average molecular weight is 359 g/mol. The summed E-state index contributed by atoms with van der Waals surface area (Å²) in [5.74, 6) is 1.04. The van der Waals surface area contributed by atoms with Crippen molar-refractivity contribution in [2.24, 2.45) is 4.99 Å². The summed E-state index contributed by atoms with van der Waals surface area (Å²) < 4.78 is 6.08. The van der Waals surface area contributed by atoms with E-state index in [9.17, 15) is 0 Å². The zero-order valence-electron chi connectivity index (χ0n) is 16.6. The second kappa shape index (κ2) is 9.38. The molecule has 0 amide bonds. The van der Waals surface area contributed by atoms with Crippen LogP contribution in [0.4, 0.5) is 0 Å². The van der Waals surface area contributed by atoms with Crippen LogP contribution >= 0.6 is 0 Å². The van der Waals surface area contributed by atoms with Crippen LogP contribution in [0.25, 0.3) is 0 Å². The van der Waals surface area contributed by atoms with Gasteiger partial charge in [-0.15, -0.1) is 0 Å². The van der Waals surface area contributed by atoms with Crippen molar-refractivity contribution in [2.45, 2.75) is 45.8 Å². The number of morpholine rings is 1. The Hall–Kier alpha value is -1.59.